The topological polar surface area (TPSA) is 108 Å². The van der Waals surface area contributed by atoms with Crippen molar-refractivity contribution < 1.29 is 19.2 Å². The zero-order valence-corrected chi connectivity index (χ0v) is 15.4. The predicted octanol–water partition coefficient (Wildman–Crippen LogP) is 0.640. The van der Waals surface area contributed by atoms with E-state index in [9.17, 15) is 19.2 Å². The van der Waals surface area contributed by atoms with Gasteiger partial charge in [0, 0.05) is 24.2 Å². The molecule has 0 bridgehead atoms. The van der Waals surface area contributed by atoms with Gasteiger partial charge in [-0.1, -0.05) is 0 Å². The summed E-state index contributed by atoms with van der Waals surface area (Å²) < 4.78 is 0. The van der Waals surface area contributed by atoms with Crippen molar-refractivity contribution in [2.45, 2.75) is 50.2 Å². The van der Waals surface area contributed by atoms with Crippen molar-refractivity contribution >= 4 is 29.3 Å². The fourth-order valence-corrected chi connectivity index (χ4v) is 4.85. The van der Waals surface area contributed by atoms with E-state index < -0.39 is 23.8 Å². The summed E-state index contributed by atoms with van der Waals surface area (Å²) in [5.74, 6) is -1.30. The normalized spacial score (nSPS) is 31.8. The van der Waals surface area contributed by atoms with E-state index in [0.717, 1.165) is 23.6 Å². The Balaban J connectivity index is 1.37. The lowest BCUT2D eigenvalue weighted by Crippen LogP contribution is -2.56. The summed E-state index contributed by atoms with van der Waals surface area (Å²) in [6.45, 7) is 0.977. The van der Waals surface area contributed by atoms with E-state index in [1.807, 2.05) is 6.07 Å². The number of nitrogens with zero attached hydrogens (tertiary/aromatic N) is 1. The Bertz CT molecular complexity index is 898. The largest absolute Gasteiger partial charge is 0.382 e. The molecule has 0 spiro atoms. The molecule has 2 saturated heterocycles. The predicted molar refractivity (Wildman–Crippen MR) is 99.7 cm³/mol. The molecular formula is C20H22N4O4. The highest BCUT2D eigenvalue weighted by atomic mass is 16.2. The van der Waals surface area contributed by atoms with Gasteiger partial charge in [-0.3, -0.25) is 29.4 Å². The zero-order chi connectivity index (χ0) is 19.4. The quantitative estimate of drug-likeness (QED) is 0.663. The number of amides is 4. The molecule has 5 rings (SSSR count). The van der Waals surface area contributed by atoms with Crippen LogP contribution in [0.4, 0.5) is 5.69 Å². The first-order valence-electron chi connectivity index (χ1n) is 9.88. The van der Waals surface area contributed by atoms with Gasteiger partial charge < -0.3 is 10.6 Å². The van der Waals surface area contributed by atoms with Gasteiger partial charge in [0.2, 0.25) is 11.8 Å². The molecule has 3 heterocycles. The molecule has 4 atom stereocenters. The minimum atomic E-state index is -0.929. The van der Waals surface area contributed by atoms with Crippen LogP contribution >= 0.6 is 0 Å². The van der Waals surface area contributed by atoms with Crippen LogP contribution in [-0.4, -0.2) is 53.2 Å². The number of nitrogens with one attached hydrogen (secondary N) is 3. The maximum atomic E-state index is 12.9. The van der Waals surface area contributed by atoms with Crippen LogP contribution in [0.1, 0.15) is 52.8 Å². The first kappa shape index (κ1) is 17.4. The molecule has 146 valence electrons. The molecule has 1 aromatic rings. The fourth-order valence-electron chi connectivity index (χ4n) is 4.85. The van der Waals surface area contributed by atoms with Crippen molar-refractivity contribution in [2.75, 3.05) is 11.9 Å². The molecule has 1 aliphatic carbocycles. The number of carbonyl (C=O) groups is 4. The number of benzene rings is 1. The molecule has 3 fully saturated rings. The van der Waals surface area contributed by atoms with Gasteiger partial charge in [-0.25, -0.2) is 0 Å². The van der Waals surface area contributed by atoms with E-state index in [4.69, 9.17) is 0 Å². The number of fused-ring (bicyclic) bond motifs is 2. The summed E-state index contributed by atoms with van der Waals surface area (Å²) in [4.78, 5) is 50.2. The molecular weight excluding hydrogens is 360 g/mol. The summed E-state index contributed by atoms with van der Waals surface area (Å²) in [5.41, 5.74) is 1.45. The number of hydrogen-bond acceptors (Lipinski definition) is 6. The van der Waals surface area contributed by atoms with Crippen LogP contribution in [0.5, 0.6) is 0 Å². The second kappa shape index (κ2) is 6.41. The third-order valence-electron chi connectivity index (χ3n) is 6.50. The van der Waals surface area contributed by atoms with Crippen molar-refractivity contribution in [1.82, 2.24) is 15.5 Å². The zero-order valence-electron chi connectivity index (χ0n) is 15.4. The first-order valence-corrected chi connectivity index (χ1v) is 9.88. The second-order valence-electron chi connectivity index (χ2n) is 8.05. The lowest BCUT2D eigenvalue weighted by Gasteiger charge is -2.47. The summed E-state index contributed by atoms with van der Waals surface area (Å²) in [6.07, 6.45) is 3.71. The van der Waals surface area contributed by atoms with Crippen molar-refractivity contribution in [3.05, 3.63) is 29.3 Å². The minimum Gasteiger partial charge on any atom is -0.382 e. The number of anilines is 1. The number of carbonyl (C=O) groups excluding carboxylic acids is 4. The molecule has 4 amide bonds. The van der Waals surface area contributed by atoms with Gasteiger partial charge in [0.25, 0.3) is 11.8 Å². The number of piperidine rings is 2. The Morgan fingerprint density at radius 1 is 0.964 bits per heavy atom. The maximum Gasteiger partial charge on any atom is 0.262 e. The molecule has 4 aliphatic rings. The van der Waals surface area contributed by atoms with Gasteiger partial charge in [-0.15, -0.1) is 0 Å². The van der Waals surface area contributed by atoms with Crippen LogP contribution in [0.25, 0.3) is 0 Å². The fraction of sp³-hybridized carbons (Fsp3) is 0.500. The van der Waals surface area contributed by atoms with E-state index >= 15 is 0 Å². The smallest absolute Gasteiger partial charge is 0.262 e. The summed E-state index contributed by atoms with van der Waals surface area (Å²) in [5, 5.41) is 9.28. The van der Waals surface area contributed by atoms with E-state index in [2.05, 4.69) is 16.0 Å². The number of hydrogen-bond donors (Lipinski definition) is 3. The number of imide groups is 2. The molecule has 28 heavy (non-hydrogen) atoms. The van der Waals surface area contributed by atoms with E-state index in [-0.39, 0.29) is 18.7 Å². The SMILES string of the molecule is O=C1CCC(N2C(=O)c3ccc(NC4CCNC5CCC54)cc3C2=O)C(=O)N1. The van der Waals surface area contributed by atoms with E-state index in [1.165, 1.54) is 12.8 Å². The van der Waals surface area contributed by atoms with Crippen LogP contribution < -0.4 is 16.0 Å². The van der Waals surface area contributed by atoms with Gasteiger partial charge >= 0.3 is 0 Å². The molecule has 8 heteroatoms. The van der Waals surface area contributed by atoms with Crippen molar-refractivity contribution in [1.29, 1.82) is 0 Å². The van der Waals surface area contributed by atoms with Crippen LogP contribution in [0, 0.1) is 5.92 Å². The average molecular weight is 382 g/mol. The Morgan fingerprint density at radius 3 is 2.54 bits per heavy atom. The molecule has 1 saturated carbocycles. The molecule has 1 aromatic carbocycles. The molecule has 3 aliphatic heterocycles. The minimum absolute atomic E-state index is 0.120. The third-order valence-corrected chi connectivity index (χ3v) is 6.50. The van der Waals surface area contributed by atoms with Gasteiger partial charge in [0.15, 0.2) is 0 Å². The Morgan fingerprint density at radius 2 is 1.79 bits per heavy atom. The van der Waals surface area contributed by atoms with Crippen molar-refractivity contribution in [3.63, 3.8) is 0 Å². The summed E-state index contributed by atoms with van der Waals surface area (Å²) >= 11 is 0. The van der Waals surface area contributed by atoms with Crippen LogP contribution in [-0.2, 0) is 9.59 Å². The van der Waals surface area contributed by atoms with Crippen LogP contribution in [0.3, 0.4) is 0 Å². The number of rotatable bonds is 3. The average Bonchev–Trinajstić information content (AvgIpc) is 2.88. The highest BCUT2D eigenvalue weighted by molar-refractivity contribution is 6.23. The first-order chi connectivity index (χ1) is 13.5. The van der Waals surface area contributed by atoms with Gasteiger partial charge in [0.05, 0.1) is 11.1 Å². The highest BCUT2D eigenvalue weighted by Crippen LogP contribution is 2.36. The Kier molecular flexibility index (Phi) is 3.97. The standard InChI is InChI=1S/C20H22N4O4/c25-17-6-5-16(18(26)23-17)24-19(27)11-2-1-10(9-13(11)20(24)28)22-15-7-8-21-14-4-3-12(14)15/h1-2,9,12,14-16,21-22H,3-8H2,(H,23,25,26). The van der Waals surface area contributed by atoms with E-state index in [0.29, 0.717) is 29.1 Å². The van der Waals surface area contributed by atoms with E-state index in [1.54, 1.807) is 12.1 Å². The lowest BCUT2D eigenvalue weighted by atomic mass is 9.71. The summed E-state index contributed by atoms with van der Waals surface area (Å²) in [6, 6.07) is 5.21. The molecule has 8 nitrogen and oxygen atoms in total. The molecule has 3 N–H and O–H groups in total. The second-order valence-corrected chi connectivity index (χ2v) is 8.05. The van der Waals surface area contributed by atoms with Gasteiger partial charge in [-0.2, -0.15) is 0 Å². The summed E-state index contributed by atoms with van der Waals surface area (Å²) in [7, 11) is 0. The molecule has 0 aromatic heterocycles. The Hall–Kier alpha value is -2.74. The Labute approximate surface area is 162 Å². The van der Waals surface area contributed by atoms with Crippen molar-refractivity contribution in [2.24, 2.45) is 5.92 Å². The molecule has 4 unspecified atom stereocenters. The molecule has 0 radical (unpaired) electrons. The van der Waals surface area contributed by atoms with Crippen LogP contribution in [0.2, 0.25) is 0 Å². The highest BCUT2D eigenvalue weighted by Gasteiger charge is 2.45. The maximum absolute atomic E-state index is 12.9. The van der Waals surface area contributed by atoms with Crippen molar-refractivity contribution in [3.8, 4) is 0 Å². The van der Waals surface area contributed by atoms with Gasteiger partial charge in [0.1, 0.15) is 6.04 Å². The monoisotopic (exact) mass is 382 g/mol. The van der Waals surface area contributed by atoms with Gasteiger partial charge in [-0.05, 0) is 56.3 Å². The van der Waals surface area contributed by atoms with Crippen LogP contribution in [0.15, 0.2) is 18.2 Å². The third kappa shape index (κ3) is 2.63. The lowest BCUT2D eigenvalue weighted by molar-refractivity contribution is -0.136.